The van der Waals surface area contributed by atoms with Gasteiger partial charge in [-0.05, 0) is 30.2 Å². The van der Waals surface area contributed by atoms with E-state index >= 15 is 0 Å². The number of hydrogen-bond donors (Lipinski definition) is 1. The van der Waals surface area contributed by atoms with Crippen molar-refractivity contribution < 1.29 is 24.1 Å². The Balaban J connectivity index is 1.74. The molecule has 5 nitrogen and oxygen atoms in total. The fraction of sp³-hybridized carbons (Fsp3) is 0.350. The standard InChI is InChI=1S/C20H20O5/c1-4-5-11-8-13-18(23-3)16(17(11)21)20(13,2)19(22)12-6-7-14-15(9-12)25-10-24-14/h4,6-9,16,19,22H,1,5,10H2,2-3H3/t16?,19-,20-/m1/s1. The lowest BCUT2D eigenvalue weighted by molar-refractivity contribution is -0.130. The van der Waals surface area contributed by atoms with Crippen LogP contribution in [0.5, 0.6) is 11.5 Å². The third-order valence-corrected chi connectivity index (χ3v) is 5.47. The van der Waals surface area contributed by atoms with Gasteiger partial charge in [-0.25, -0.2) is 0 Å². The second-order valence-corrected chi connectivity index (χ2v) is 6.74. The first-order valence-corrected chi connectivity index (χ1v) is 8.24. The average Bonchev–Trinajstić information content (AvgIpc) is 3.08. The second kappa shape index (κ2) is 5.49. The van der Waals surface area contributed by atoms with Crippen molar-refractivity contribution in [3.8, 4) is 11.5 Å². The number of carbonyl (C=O) groups is 1. The second-order valence-electron chi connectivity index (χ2n) is 6.74. The number of carbonyl (C=O) groups excluding carboxylic acids is 1. The molecule has 1 aliphatic heterocycles. The van der Waals surface area contributed by atoms with Crippen molar-refractivity contribution in [2.24, 2.45) is 11.3 Å². The van der Waals surface area contributed by atoms with E-state index < -0.39 is 17.4 Å². The van der Waals surface area contributed by atoms with Crippen LogP contribution in [0.4, 0.5) is 0 Å². The van der Waals surface area contributed by atoms with Crippen LogP contribution in [0.15, 0.2) is 53.8 Å². The summed E-state index contributed by atoms with van der Waals surface area (Å²) in [6.45, 7) is 5.79. The molecule has 0 saturated carbocycles. The minimum atomic E-state index is -0.855. The number of hydrogen-bond acceptors (Lipinski definition) is 5. The number of rotatable bonds is 5. The molecule has 1 heterocycles. The molecule has 0 radical (unpaired) electrons. The molecule has 1 aromatic carbocycles. The minimum absolute atomic E-state index is 0.00552. The van der Waals surface area contributed by atoms with E-state index in [1.54, 1.807) is 25.3 Å². The average molecular weight is 340 g/mol. The number of allylic oxidation sites excluding steroid dienone is 4. The summed E-state index contributed by atoms with van der Waals surface area (Å²) < 4.78 is 16.2. The van der Waals surface area contributed by atoms with E-state index in [1.807, 2.05) is 19.1 Å². The van der Waals surface area contributed by atoms with Crippen LogP contribution in [0.3, 0.4) is 0 Å². The van der Waals surface area contributed by atoms with Gasteiger partial charge in [-0.15, -0.1) is 6.58 Å². The molecular weight excluding hydrogens is 320 g/mol. The fourth-order valence-corrected chi connectivity index (χ4v) is 4.10. The third kappa shape index (κ3) is 2.02. The zero-order chi connectivity index (χ0) is 17.8. The molecule has 3 aliphatic carbocycles. The highest BCUT2D eigenvalue weighted by Crippen LogP contribution is 2.62. The largest absolute Gasteiger partial charge is 0.500 e. The van der Waals surface area contributed by atoms with Crippen LogP contribution in [-0.4, -0.2) is 24.8 Å². The first-order valence-electron chi connectivity index (χ1n) is 8.24. The molecule has 1 aromatic rings. The highest BCUT2D eigenvalue weighted by molar-refractivity contribution is 6.04. The van der Waals surface area contributed by atoms with Crippen molar-refractivity contribution in [3.63, 3.8) is 0 Å². The molecule has 5 heteroatoms. The zero-order valence-electron chi connectivity index (χ0n) is 14.2. The van der Waals surface area contributed by atoms with E-state index in [0.717, 1.165) is 5.57 Å². The molecule has 3 atom stereocenters. The van der Waals surface area contributed by atoms with Gasteiger partial charge in [0.05, 0.1) is 19.1 Å². The Labute approximate surface area is 146 Å². The predicted octanol–water partition coefficient (Wildman–Crippen LogP) is 3.07. The molecule has 0 amide bonds. The monoisotopic (exact) mass is 340 g/mol. The smallest absolute Gasteiger partial charge is 0.231 e. The maximum atomic E-state index is 12.9. The van der Waals surface area contributed by atoms with Gasteiger partial charge in [0.2, 0.25) is 6.79 Å². The maximum absolute atomic E-state index is 12.9. The zero-order valence-corrected chi connectivity index (χ0v) is 14.2. The van der Waals surface area contributed by atoms with Crippen LogP contribution in [0.25, 0.3) is 0 Å². The van der Waals surface area contributed by atoms with Gasteiger partial charge >= 0.3 is 0 Å². The summed E-state index contributed by atoms with van der Waals surface area (Å²) in [5.41, 5.74) is 1.56. The molecule has 1 N–H and O–H groups in total. The number of aliphatic hydroxyl groups excluding tert-OH is 1. The van der Waals surface area contributed by atoms with Gasteiger partial charge in [0, 0.05) is 16.6 Å². The Morgan fingerprint density at radius 2 is 2.20 bits per heavy atom. The molecule has 0 fully saturated rings. The predicted molar refractivity (Wildman–Crippen MR) is 91.1 cm³/mol. The number of ether oxygens (including phenoxy) is 3. The van der Waals surface area contributed by atoms with E-state index in [-0.39, 0.29) is 12.6 Å². The molecule has 130 valence electrons. The van der Waals surface area contributed by atoms with Gasteiger partial charge in [-0.2, -0.15) is 0 Å². The van der Waals surface area contributed by atoms with Gasteiger partial charge in [-0.3, -0.25) is 4.79 Å². The SMILES string of the molecule is C=CCC1=CC2=C(OC)C(C1=O)[C@]2(C)[C@H](O)c1ccc2c(c1)OCO2. The topological polar surface area (TPSA) is 65.0 Å². The van der Waals surface area contributed by atoms with Crippen LogP contribution < -0.4 is 9.47 Å². The molecule has 1 unspecified atom stereocenters. The number of ketones is 1. The van der Waals surface area contributed by atoms with Crippen LogP contribution in [0.1, 0.15) is 25.0 Å². The summed E-state index contributed by atoms with van der Waals surface area (Å²) in [6.07, 6.45) is 3.23. The Morgan fingerprint density at radius 3 is 2.88 bits per heavy atom. The van der Waals surface area contributed by atoms with Crippen molar-refractivity contribution in [2.75, 3.05) is 13.9 Å². The quantitative estimate of drug-likeness (QED) is 0.835. The number of benzene rings is 1. The Hall–Kier alpha value is -2.53. The van der Waals surface area contributed by atoms with Gasteiger partial charge in [-0.1, -0.05) is 19.1 Å². The van der Waals surface area contributed by atoms with Crippen LogP contribution in [0, 0.1) is 11.3 Å². The van der Waals surface area contributed by atoms with Crippen LogP contribution >= 0.6 is 0 Å². The number of aliphatic hydroxyl groups is 1. The lowest BCUT2D eigenvalue weighted by atomic mass is 9.51. The van der Waals surface area contributed by atoms with E-state index in [0.29, 0.717) is 34.8 Å². The summed E-state index contributed by atoms with van der Waals surface area (Å²) in [7, 11) is 1.56. The fourth-order valence-electron chi connectivity index (χ4n) is 4.10. The van der Waals surface area contributed by atoms with Gasteiger partial charge in [0.1, 0.15) is 5.76 Å². The summed E-state index contributed by atoms with van der Waals surface area (Å²) in [4.78, 5) is 12.9. The molecule has 0 spiro atoms. The Morgan fingerprint density at radius 1 is 1.44 bits per heavy atom. The molecule has 2 bridgehead atoms. The van der Waals surface area contributed by atoms with E-state index in [9.17, 15) is 9.90 Å². The third-order valence-electron chi connectivity index (χ3n) is 5.47. The van der Waals surface area contributed by atoms with Crippen molar-refractivity contribution in [1.29, 1.82) is 0 Å². The van der Waals surface area contributed by atoms with Crippen molar-refractivity contribution in [2.45, 2.75) is 19.4 Å². The highest BCUT2D eigenvalue weighted by Gasteiger charge is 2.61. The van der Waals surface area contributed by atoms with Crippen LogP contribution in [0.2, 0.25) is 0 Å². The molecule has 25 heavy (non-hydrogen) atoms. The van der Waals surface area contributed by atoms with Gasteiger partial charge in [0.25, 0.3) is 0 Å². The molecular formula is C20H20O5. The summed E-state index contributed by atoms with van der Waals surface area (Å²) >= 11 is 0. The first-order chi connectivity index (χ1) is 12.0. The van der Waals surface area contributed by atoms with Crippen molar-refractivity contribution in [3.05, 3.63) is 59.4 Å². The highest BCUT2D eigenvalue weighted by atomic mass is 16.7. The Kier molecular flexibility index (Phi) is 3.51. The van der Waals surface area contributed by atoms with Crippen molar-refractivity contribution in [1.82, 2.24) is 0 Å². The normalized spacial score (nSPS) is 27.6. The maximum Gasteiger partial charge on any atom is 0.231 e. The molecule has 0 saturated heterocycles. The molecule has 5 rings (SSSR count). The lowest BCUT2D eigenvalue weighted by Crippen LogP contribution is -2.52. The van der Waals surface area contributed by atoms with Gasteiger partial charge in [0.15, 0.2) is 17.3 Å². The number of methoxy groups -OCH3 is 1. The van der Waals surface area contributed by atoms with E-state index in [2.05, 4.69) is 6.58 Å². The number of fused-ring (bicyclic) bond motifs is 2. The van der Waals surface area contributed by atoms with E-state index in [1.165, 1.54) is 0 Å². The lowest BCUT2D eigenvalue weighted by Gasteiger charge is -2.53. The molecule has 4 aliphatic rings. The van der Waals surface area contributed by atoms with Crippen LogP contribution in [-0.2, 0) is 9.53 Å². The summed E-state index contributed by atoms with van der Waals surface area (Å²) in [5, 5.41) is 11.1. The summed E-state index contributed by atoms with van der Waals surface area (Å²) in [6, 6.07) is 5.37. The number of Topliss-reactive ketones (excluding diaryl/α,β-unsaturated/α-hetero) is 1. The first kappa shape index (κ1) is 16.0. The Bertz CT molecular complexity index is 834. The molecule has 0 aromatic heterocycles. The summed E-state index contributed by atoms with van der Waals surface area (Å²) in [5.74, 6) is 1.44. The van der Waals surface area contributed by atoms with E-state index in [4.69, 9.17) is 14.2 Å². The van der Waals surface area contributed by atoms with Crippen molar-refractivity contribution >= 4 is 5.78 Å². The minimum Gasteiger partial charge on any atom is -0.500 e. The van der Waals surface area contributed by atoms with Gasteiger partial charge < -0.3 is 19.3 Å².